The third kappa shape index (κ3) is 8.86. The number of H-pyrrole nitrogens is 1. The third-order valence-electron chi connectivity index (χ3n) is 10.3. The van der Waals surface area contributed by atoms with Gasteiger partial charge in [-0.3, -0.25) is 14.3 Å². The fraction of sp³-hybridized carbons (Fsp3) is 0.425. The summed E-state index contributed by atoms with van der Waals surface area (Å²) in [5, 5.41) is 12.8. The highest BCUT2D eigenvalue weighted by atomic mass is 31.2. The number of nitrogens with zero attached hydrogens (tertiary/aromatic N) is 3. The molecule has 0 saturated carbocycles. The molecule has 14 nitrogen and oxygen atoms in total. The van der Waals surface area contributed by atoms with E-state index in [-0.39, 0.29) is 29.7 Å². The first-order valence-corrected chi connectivity index (χ1v) is 19.3. The number of nitriles is 1. The zero-order chi connectivity index (χ0) is 39.8. The number of rotatable bonds is 18. The van der Waals surface area contributed by atoms with Gasteiger partial charge in [0, 0.05) is 19.4 Å². The highest BCUT2D eigenvalue weighted by Crippen LogP contribution is 2.45. The van der Waals surface area contributed by atoms with Crippen LogP contribution in [-0.4, -0.2) is 83.9 Å². The molecule has 0 bridgehead atoms. The maximum Gasteiger partial charge on any atom is 0.330 e. The number of hydrogen-bond donors (Lipinski definition) is 3. The van der Waals surface area contributed by atoms with Crippen LogP contribution in [0.15, 0.2) is 101 Å². The van der Waals surface area contributed by atoms with Gasteiger partial charge >= 0.3 is 14.2 Å². The average molecular weight is 777 g/mol. The summed E-state index contributed by atoms with van der Waals surface area (Å²) in [6, 6.07) is 28.3. The van der Waals surface area contributed by atoms with E-state index in [2.05, 4.69) is 16.2 Å². The number of methoxy groups -OCH3 is 3. The summed E-state index contributed by atoms with van der Waals surface area (Å²) < 4.78 is 38.6. The monoisotopic (exact) mass is 776 g/mol. The van der Waals surface area contributed by atoms with Gasteiger partial charge in [0.15, 0.2) is 6.23 Å². The molecule has 0 aliphatic carbocycles. The molecule has 1 aromatic heterocycles. The fourth-order valence-corrected chi connectivity index (χ4v) is 8.69. The summed E-state index contributed by atoms with van der Waals surface area (Å²) in [5.41, 5.74) is -0.0929. The maximum absolute atomic E-state index is 13.1. The molecule has 0 amide bonds. The molecule has 15 heteroatoms. The average Bonchev–Trinajstić information content (AvgIpc) is 3.53. The number of aromatic nitrogens is 2. The number of quaternary nitrogens is 1. The van der Waals surface area contributed by atoms with Crippen LogP contribution in [0.25, 0.3) is 0 Å². The van der Waals surface area contributed by atoms with Crippen molar-refractivity contribution in [3.8, 4) is 17.6 Å². The summed E-state index contributed by atoms with van der Waals surface area (Å²) in [6.45, 7) is 8.37. The number of hydrogen-bond acceptors (Lipinski definition) is 11. The van der Waals surface area contributed by atoms with Gasteiger partial charge in [0.25, 0.3) is 5.56 Å². The first kappa shape index (κ1) is 41.7. The Balaban J connectivity index is 1.61. The second-order valence-corrected chi connectivity index (χ2v) is 14.7. The second-order valence-electron chi connectivity index (χ2n) is 13.8. The van der Waals surface area contributed by atoms with Crippen LogP contribution in [0.2, 0.25) is 0 Å². The van der Waals surface area contributed by atoms with E-state index in [1.54, 1.807) is 14.2 Å². The van der Waals surface area contributed by atoms with Crippen molar-refractivity contribution in [2.45, 2.75) is 76.3 Å². The van der Waals surface area contributed by atoms with E-state index < -0.39 is 49.9 Å². The van der Waals surface area contributed by atoms with Crippen LogP contribution >= 0.6 is 8.53 Å². The summed E-state index contributed by atoms with van der Waals surface area (Å²) in [6.07, 6.45) is -2.34. The van der Waals surface area contributed by atoms with Crippen LogP contribution in [0.4, 0.5) is 0 Å². The van der Waals surface area contributed by atoms with Crippen molar-refractivity contribution in [3.05, 3.63) is 129 Å². The van der Waals surface area contributed by atoms with Crippen LogP contribution in [0.1, 0.15) is 57.0 Å². The Kier molecular flexibility index (Phi) is 14.0. The highest BCUT2D eigenvalue weighted by molar-refractivity contribution is 7.43. The molecule has 1 fully saturated rings. The molecule has 1 saturated heterocycles. The van der Waals surface area contributed by atoms with Gasteiger partial charge in [0.05, 0.1) is 33.3 Å². The lowest BCUT2D eigenvalue weighted by atomic mass is 9.80. The standard InChI is InChI=1S/C40H50N5O9P/c1-27(2)45(28(3)4,25-11-23-41)43-55(48)54-36-34(53-38(37(36)51-7)44-24-22-35(46)42-39(44)47)26-52-40(29-12-9-8-10-13-29,30-14-18-32(49-5)19-15-30)31-16-20-33(50-6)21-17-31/h8-10,12-22,24,27-28,34,36-38,43,48H,11,25-26H2,1-7H3/p+1/t34-,36-,37-,38-,55?/m1/s1. The van der Waals surface area contributed by atoms with Gasteiger partial charge in [-0.1, -0.05) is 59.8 Å². The Morgan fingerprint density at radius 2 is 1.45 bits per heavy atom. The van der Waals surface area contributed by atoms with Crippen molar-refractivity contribution in [1.29, 1.82) is 5.26 Å². The quantitative estimate of drug-likeness (QED) is 0.0531. The minimum absolute atomic E-state index is 0.0285. The van der Waals surface area contributed by atoms with E-state index in [4.69, 9.17) is 28.2 Å². The Hall–Kier alpha value is -4.42. The van der Waals surface area contributed by atoms with Gasteiger partial charge < -0.3 is 33.1 Å². The van der Waals surface area contributed by atoms with E-state index in [9.17, 15) is 19.7 Å². The number of ether oxygens (including phenoxy) is 5. The van der Waals surface area contributed by atoms with Gasteiger partial charge in [-0.25, -0.2) is 9.39 Å². The molecule has 5 atom stereocenters. The molecule has 2 heterocycles. The molecule has 0 spiro atoms. The first-order chi connectivity index (χ1) is 26.4. The lowest BCUT2D eigenvalue weighted by Crippen LogP contribution is -2.64. The van der Waals surface area contributed by atoms with Gasteiger partial charge in [-0.05, 0) is 68.7 Å². The Morgan fingerprint density at radius 1 is 0.891 bits per heavy atom. The van der Waals surface area contributed by atoms with Crippen LogP contribution in [0, 0.1) is 11.3 Å². The Morgan fingerprint density at radius 3 is 1.95 bits per heavy atom. The minimum Gasteiger partial charge on any atom is -0.497 e. The largest absolute Gasteiger partial charge is 0.497 e. The van der Waals surface area contributed by atoms with Crippen molar-refractivity contribution in [2.24, 2.45) is 0 Å². The molecular weight excluding hydrogens is 725 g/mol. The highest BCUT2D eigenvalue weighted by Gasteiger charge is 2.51. The van der Waals surface area contributed by atoms with Crippen molar-refractivity contribution in [3.63, 3.8) is 0 Å². The van der Waals surface area contributed by atoms with Crippen molar-refractivity contribution in [1.82, 2.24) is 14.7 Å². The number of benzene rings is 3. The summed E-state index contributed by atoms with van der Waals surface area (Å²) in [5.74, 6) is 1.34. The Labute approximate surface area is 322 Å². The molecule has 5 rings (SSSR count). The second kappa shape index (κ2) is 18.5. The van der Waals surface area contributed by atoms with Gasteiger partial charge in [-0.15, -0.1) is 0 Å². The predicted octanol–water partition coefficient (Wildman–Crippen LogP) is 5.13. The maximum atomic E-state index is 13.1. The SMILES string of the molecule is COc1ccc(C(OC[C@H]2O[C@@H](n3ccc(=O)[nH]c3=O)[C@H](OC)[C@@H]2OP(O)N[N+](CCC#N)(C(C)C)C(C)C)(c2ccccc2)c2ccc(OC)cc2)cc1. The fourth-order valence-electron chi connectivity index (χ4n) is 7.28. The van der Waals surface area contributed by atoms with Crippen molar-refractivity contribution < 1.29 is 37.7 Å². The molecule has 294 valence electrons. The van der Waals surface area contributed by atoms with Crippen LogP contribution in [-0.2, 0) is 24.3 Å². The topological polar surface area (TPSA) is 166 Å². The lowest BCUT2D eigenvalue weighted by Gasteiger charge is -2.45. The minimum atomic E-state index is -2.38. The van der Waals surface area contributed by atoms with Crippen LogP contribution in [0.3, 0.4) is 0 Å². The summed E-state index contributed by atoms with van der Waals surface area (Å²) >= 11 is 0. The molecule has 1 unspecified atom stereocenters. The summed E-state index contributed by atoms with van der Waals surface area (Å²) in [7, 11) is 2.29. The third-order valence-corrected chi connectivity index (χ3v) is 11.2. The molecule has 55 heavy (non-hydrogen) atoms. The molecule has 1 aliphatic rings. The van der Waals surface area contributed by atoms with Crippen molar-refractivity contribution >= 4 is 8.53 Å². The van der Waals surface area contributed by atoms with Crippen LogP contribution in [0.5, 0.6) is 11.5 Å². The molecule has 0 radical (unpaired) electrons. The molecule has 4 aromatic rings. The molecule has 1 aliphatic heterocycles. The zero-order valence-corrected chi connectivity index (χ0v) is 33.1. The number of nitrogens with one attached hydrogen (secondary N) is 2. The van der Waals surface area contributed by atoms with Gasteiger partial charge in [-0.2, -0.15) is 5.26 Å². The first-order valence-electron chi connectivity index (χ1n) is 18.1. The van der Waals surface area contributed by atoms with Gasteiger partial charge in [0.2, 0.25) is 0 Å². The van der Waals surface area contributed by atoms with E-state index in [1.807, 2.05) is 107 Å². The summed E-state index contributed by atoms with van der Waals surface area (Å²) in [4.78, 5) is 39.2. The van der Waals surface area contributed by atoms with Crippen LogP contribution < -0.4 is 25.9 Å². The van der Waals surface area contributed by atoms with Gasteiger partial charge in [0.1, 0.15) is 54.0 Å². The lowest BCUT2D eigenvalue weighted by molar-refractivity contribution is -0.994. The molecule has 3 N–H and O–H groups in total. The van der Waals surface area contributed by atoms with E-state index >= 15 is 0 Å². The van der Waals surface area contributed by atoms with E-state index in [0.29, 0.717) is 18.0 Å². The van der Waals surface area contributed by atoms with Crippen molar-refractivity contribution in [2.75, 3.05) is 34.5 Å². The van der Waals surface area contributed by atoms with E-state index in [0.717, 1.165) is 16.7 Å². The Bertz CT molecular complexity index is 1930. The normalized spacial score (nSPS) is 19.4. The molecule has 3 aromatic carbocycles. The predicted molar refractivity (Wildman–Crippen MR) is 207 cm³/mol. The smallest absolute Gasteiger partial charge is 0.330 e. The zero-order valence-electron chi connectivity index (χ0n) is 32.2. The van der Waals surface area contributed by atoms with E-state index in [1.165, 1.54) is 23.9 Å². The number of aromatic amines is 1. The molecular formula is C40H51N5O9P+.